The number of aryl methyl sites for hydroxylation is 1. The monoisotopic (exact) mass is 354 g/mol. The second-order valence-electron chi connectivity index (χ2n) is 5.30. The quantitative estimate of drug-likeness (QED) is 0.592. The number of anilines is 1. The number of benzene rings is 2. The topological polar surface area (TPSA) is 73.9 Å². The van der Waals surface area contributed by atoms with Gasteiger partial charge < -0.3 is 10.5 Å². The Bertz CT molecular complexity index is 1010. The standard InChI is InChI=1S/C17H14N4OS2/c1-10-16(20-21-24-10)15-13-5-3-2-4-11(13)6-7-14(15)22-8-12-9-23-17(18)19-12/h2-7,9H,8H2,1H3,(H2,18,19). The Kier molecular flexibility index (Phi) is 3.87. The van der Waals surface area contributed by atoms with Crippen molar-refractivity contribution in [1.82, 2.24) is 14.6 Å². The molecule has 0 unspecified atom stereocenters. The third-order valence-electron chi connectivity index (χ3n) is 3.72. The number of nitrogens with zero attached hydrogens (tertiary/aromatic N) is 3. The van der Waals surface area contributed by atoms with E-state index in [0.717, 1.165) is 38.4 Å². The maximum absolute atomic E-state index is 6.05. The molecule has 2 aromatic carbocycles. The first-order chi connectivity index (χ1) is 11.7. The molecule has 0 radical (unpaired) electrons. The molecule has 0 aliphatic carbocycles. The first-order valence-electron chi connectivity index (χ1n) is 7.36. The fraction of sp³-hybridized carbons (Fsp3) is 0.118. The maximum atomic E-state index is 6.05. The van der Waals surface area contributed by atoms with Crippen LogP contribution in [0.1, 0.15) is 10.6 Å². The van der Waals surface area contributed by atoms with Crippen molar-refractivity contribution in [2.45, 2.75) is 13.5 Å². The lowest BCUT2D eigenvalue weighted by Crippen LogP contribution is -1.99. The zero-order valence-corrected chi connectivity index (χ0v) is 14.5. The van der Waals surface area contributed by atoms with E-state index < -0.39 is 0 Å². The lowest BCUT2D eigenvalue weighted by Gasteiger charge is -2.12. The Morgan fingerprint density at radius 1 is 1.17 bits per heavy atom. The molecule has 120 valence electrons. The molecule has 0 saturated heterocycles. The highest BCUT2D eigenvalue weighted by Crippen LogP contribution is 2.38. The molecule has 2 heterocycles. The molecule has 2 aromatic heterocycles. The lowest BCUT2D eigenvalue weighted by molar-refractivity contribution is 0.304. The Morgan fingerprint density at radius 2 is 2.04 bits per heavy atom. The van der Waals surface area contributed by atoms with E-state index in [1.165, 1.54) is 22.9 Å². The third-order valence-corrected chi connectivity index (χ3v) is 5.08. The molecule has 24 heavy (non-hydrogen) atoms. The van der Waals surface area contributed by atoms with E-state index in [9.17, 15) is 0 Å². The molecule has 2 N–H and O–H groups in total. The highest BCUT2D eigenvalue weighted by Gasteiger charge is 2.16. The smallest absolute Gasteiger partial charge is 0.180 e. The number of thiazole rings is 1. The summed E-state index contributed by atoms with van der Waals surface area (Å²) in [6.07, 6.45) is 0. The molecule has 4 rings (SSSR count). The van der Waals surface area contributed by atoms with Gasteiger partial charge in [0, 0.05) is 5.38 Å². The van der Waals surface area contributed by atoms with Gasteiger partial charge in [-0.1, -0.05) is 34.8 Å². The van der Waals surface area contributed by atoms with Crippen molar-refractivity contribution in [1.29, 1.82) is 0 Å². The number of hydrogen-bond acceptors (Lipinski definition) is 7. The Morgan fingerprint density at radius 3 is 2.79 bits per heavy atom. The van der Waals surface area contributed by atoms with Crippen molar-refractivity contribution < 1.29 is 4.74 Å². The molecule has 4 aromatic rings. The van der Waals surface area contributed by atoms with Crippen LogP contribution < -0.4 is 10.5 Å². The first-order valence-corrected chi connectivity index (χ1v) is 9.01. The summed E-state index contributed by atoms with van der Waals surface area (Å²) in [7, 11) is 0. The van der Waals surface area contributed by atoms with Crippen LogP contribution in [0.5, 0.6) is 5.75 Å². The summed E-state index contributed by atoms with van der Waals surface area (Å²) >= 11 is 2.80. The van der Waals surface area contributed by atoms with Gasteiger partial charge in [-0.2, -0.15) is 0 Å². The molecule has 0 saturated carbocycles. The summed E-state index contributed by atoms with van der Waals surface area (Å²) in [6, 6.07) is 12.2. The third kappa shape index (κ3) is 2.72. The molecule has 0 amide bonds. The molecule has 0 aliphatic heterocycles. The Labute approximate surface area is 146 Å². The summed E-state index contributed by atoms with van der Waals surface area (Å²) in [5, 5.41) is 9.01. The Balaban J connectivity index is 1.81. The van der Waals surface area contributed by atoms with E-state index in [0.29, 0.717) is 11.7 Å². The van der Waals surface area contributed by atoms with E-state index in [2.05, 4.69) is 32.8 Å². The van der Waals surface area contributed by atoms with Crippen LogP contribution in [0.4, 0.5) is 5.13 Å². The largest absolute Gasteiger partial charge is 0.487 e. The summed E-state index contributed by atoms with van der Waals surface area (Å²) in [6.45, 7) is 2.39. The average Bonchev–Trinajstić information content (AvgIpc) is 3.20. The number of ether oxygens (including phenoxy) is 1. The number of nitrogen functional groups attached to an aromatic ring is 1. The Hall–Kier alpha value is -2.51. The van der Waals surface area contributed by atoms with E-state index in [-0.39, 0.29) is 0 Å². The lowest BCUT2D eigenvalue weighted by atomic mass is 10.0. The zero-order valence-electron chi connectivity index (χ0n) is 12.9. The summed E-state index contributed by atoms with van der Waals surface area (Å²) in [5.74, 6) is 0.774. The predicted molar refractivity (Wildman–Crippen MR) is 98.4 cm³/mol. The van der Waals surface area contributed by atoms with Gasteiger partial charge >= 0.3 is 0 Å². The van der Waals surface area contributed by atoms with E-state index >= 15 is 0 Å². The molecule has 0 bridgehead atoms. The van der Waals surface area contributed by atoms with Crippen LogP contribution in [0, 0.1) is 6.92 Å². The van der Waals surface area contributed by atoms with Crippen molar-refractivity contribution in [3.63, 3.8) is 0 Å². The van der Waals surface area contributed by atoms with E-state index in [1.807, 2.05) is 30.5 Å². The number of nitrogens with two attached hydrogens (primary N) is 1. The van der Waals surface area contributed by atoms with E-state index in [1.54, 1.807) is 0 Å². The number of rotatable bonds is 4. The number of fused-ring (bicyclic) bond motifs is 1. The van der Waals surface area contributed by atoms with E-state index in [4.69, 9.17) is 10.5 Å². The first kappa shape index (κ1) is 15.0. The molecular weight excluding hydrogens is 340 g/mol. The van der Waals surface area contributed by atoms with Gasteiger partial charge in [0.05, 0.1) is 16.1 Å². The second-order valence-corrected chi connectivity index (χ2v) is 7.15. The van der Waals surface area contributed by atoms with Crippen molar-refractivity contribution in [2.75, 3.05) is 5.73 Å². The SMILES string of the molecule is Cc1snnc1-c1c(OCc2csc(N)n2)ccc2ccccc12. The van der Waals surface area contributed by atoms with Gasteiger partial charge in [0.15, 0.2) is 5.13 Å². The summed E-state index contributed by atoms with van der Waals surface area (Å²) < 4.78 is 10.1. The van der Waals surface area contributed by atoms with Gasteiger partial charge in [0.25, 0.3) is 0 Å². The van der Waals surface area contributed by atoms with Gasteiger partial charge in [0.1, 0.15) is 18.1 Å². The fourth-order valence-electron chi connectivity index (χ4n) is 2.62. The van der Waals surface area contributed by atoms with Crippen molar-refractivity contribution in [3.05, 3.63) is 52.3 Å². The maximum Gasteiger partial charge on any atom is 0.180 e. The highest BCUT2D eigenvalue weighted by atomic mass is 32.1. The molecule has 0 fully saturated rings. The fourth-order valence-corrected chi connectivity index (χ4v) is 3.64. The molecule has 5 nitrogen and oxygen atoms in total. The molecule has 7 heteroatoms. The normalized spacial score (nSPS) is 11.0. The minimum Gasteiger partial charge on any atom is -0.487 e. The summed E-state index contributed by atoms with van der Waals surface area (Å²) in [4.78, 5) is 5.31. The van der Waals surface area contributed by atoms with Crippen LogP contribution in [-0.2, 0) is 6.61 Å². The van der Waals surface area contributed by atoms with Crippen LogP contribution >= 0.6 is 22.9 Å². The minimum absolute atomic E-state index is 0.371. The van der Waals surface area contributed by atoms with Crippen LogP contribution in [0.25, 0.3) is 22.0 Å². The predicted octanol–water partition coefficient (Wildman–Crippen LogP) is 4.28. The van der Waals surface area contributed by atoms with Crippen molar-refractivity contribution >= 4 is 38.8 Å². The van der Waals surface area contributed by atoms with Crippen LogP contribution in [0.3, 0.4) is 0 Å². The molecule has 0 atom stereocenters. The van der Waals surface area contributed by atoms with Gasteiger partial charge in [0.2, 0.25) is 0 Å². The van der Waals surface area contributed by atoms with Crippen LogP contribution in [0.15, 0.2) is 41.8 Å². The zero-order chi connectivity index (χ0) is 16.5. The van der Waals surface area contributed by atoms with Crippen molar-refractivity contribution in [3.8, 4) is 17.0 Å². The number of hydrogen-bond donors (Lipinski definition) is 1. The van der Waals surface area contributed by atoms with Gasteiger partial charge in [-0.15, -0.1) is 16.4 Å². The minimum atomic E-state index is 0.371. The molecular formula is C17H14N4OS2. The van der Waals surface area contributed by atoms with Crippen molar-refractivity contribution in [2.24, 2.45) is 0 Å². The van der Waals surface area contributed by atoms with Crippen LogP contribution in [-0.4, -0.2) is 14.6 Å². The molecule has 0 aliphatic rings. The average molecular weight is 354 g/mol. The summed E-state index contributed by atoms with van der Waals surface area (Å²) in [5.41, 5.74) is 8.35. The second kappa shape index (κ2) is 6.18. The van der Waals surface area contributed by atoms with Crippen LogP contribution in [0.2, 0.25) is 0 Å². The highest BCUT2D eigenvalue weighted by molar-refractivity contribution is 7.13. The van der Waals surface area contributed by atoms with Gasteiger partial charge in [-0.05, 0) is 35.3 Å². The van der Waals surface area contributed by atoms with Gasteiger partial charge in [-0.25, -0.2) is 4.98 Å². The number of aromatic nitrogens is 3. The van der Waals surface area contributed by atoms with Gasteiger partial charge in [-0.3, -0.25) is 0 Å². The molecule has 0 spiro atoms.